The zero-order valence-electron chi connectivity index (χ0n) is 27.3. The van der Waals surface area contributed by atoms with E-state index in [4.69, 9.17) is 18.9 Å². The number of hydrogen-bond acceptors (Lipinski definition) is 7. The van der Waals surface area contributed by atoms with E-state index in [2.05, 4.69) is 19.6 Å². The first-order chi connectivity index (χ1) is 22.5. The first-order valence-corrected chi connectivity index (χ1v) is 19.3. The summed E-state index contributed by atoms with van der Waals surface area (Å²) >= 11 is 0. The summed E-state index contributed by atoms with van der Waals surface area (Å²) < 4.78 is 26.3. The molecule has 2 aromatic heterocycles. The minimum absolute atomic E-state index is 0.0810. The maximum atomic E-state index is 13.3. The number of ether oxygens (including phenoxy) is 4. The number of carbonyl (C=O) groups excluding carboxylic acids is 3. The standard InChI is InChI=1S/C37H38N2O7Si/c1-24(40)44-22-26-15-14-25(18-33(26)45-23-43-16-17-47(3,4)5)19-39-21-30(28-11-7-9-13-32(28)39)35-34(36(41)46-37(35)42)29-20-38(2)31-12-8-6-10-27(29)31/h6-15,18,20-21H,16-17,19,22-23H2,1-5H3. The predicted molar refractivity (Wildman–Crippen MR) is 183 cm³/mol. The van der Waals surface area contributed by atoms with Crippen molar-refractivity contribution in [2.75, 3.05) is 13.4 Å². The summed E-state index contributed by atoms with van der Waals surface area (Å²) in [5, 5.41) is 1.69. The molecular formula is C37H38N2O7Si. The van der Waals surface area contributed by atoms with Gasteiger partial charge in [-0.05, 0) is 29.8 Å². The van der Waals surface area contributed by atoms with Crippen LogP contribution in [0.15, 0.2) is 79.1 Å². The molecule has 5 aromatic rings. The summed E-state index contributed by atoms with van der Waals surface area (Å²) in [6, 6.07) is 22.3. The molecule has 6 rings (SSSR count). The zero-order chi connectivity index (χ0) is 33.3. The zero-order valence-corrected chi connectivity index (χ0v) is 28.3. The molecule has 0 bridgehead atoms. The summed E-state index contributed by atoms with van der Waals surface area (Å²) in [4.78, 5) is 38.1. The fourth-order valence-corrected chi connectivity index (χ4v) is 6.62. The number of para-hydroxylation sites is 2. The fourth-order valence-electron chi connectivity index (χ4n) is 5.87. The van der Waals surface area contributed by atoms with Crippen molar-refractivity contribution in [3.05, 3.63) is 101 Å². The molecule has 9 nitrogen and oxygen atoms in total. The lowest BCUT2D eigenvalue weighted by Crippen LogP contribution is -2.22. The van der Waals surface area contributed by atoms with Crippen molar-refractivity contribution in [2.45, 2.75) is 45.8 Å². The highest BCUT2D eigenvalue weighted by molar-refractivity contribution is 6.76. The van der Waals surface area contributed by atoms with E-state index in [1.807, 2.05) is 95.3 Å². The van der Waals surface area contributed by atoms with Gasteiger partial charge in [-0.25, -0.2) is 9.59 Å². The molecule has 0 unspecified atom stereocenters. The smallest absolute Gasteiger partial charge is 0.347 e. The Kier molecular flexibility index (Phi) is 8.89. The molecule has 0 spiro atoms. The predicted octanol–water partition coefficient (Wildman–Crippen LogP) is 6.93. The van der Waals surface area contributed by atoms with E-state index in [1.165, 1.54) is 6.92 Å². The van der Waals surface area contributed by atoms with E-state index in [1.54, 1.807) is 0 Å². The third-order valence-electron chi connectivity index (χ3n) is 8.28. The summed E-state index contributed by atoms with van der Waals surface area (Å²) in [6.07, 6.45) is 3.77. The highest BCUT2D eigenvalue weighted by Gasteiger charge is 2.37. The maximum absolute atomic E-state index is 13.3. The number of fused-ring (bicyclic) bond motifs is 2. The number of carbonyl (C=O) groups is 3. The van der Waals surface area contributed by atoms with Crippen LogP contribution in [0, 0.1) is 0 Å². The van der Waals surface area contributed by atoms with Crippen molar-refractivity contribution >= 4 is 58.9 Å². The molecule has 47 heavy (non-hydrogen) atoms. The first kappa shape index (κ1) is 32.0. The Morgan fingerprint density at radius 1 is 0.851 bits per heavy atom. The number of aryl methyl sites for hydroxylation is 1. The molecule has 0 atom stereocenters. The summed E-state index contributed by atoms with van der Waals surface area (Å²) in [5.41, 5.74) is 5.27. The van der Waals surface area contributed by atoms with Crippen LogP contribution < -0.4 is 4.74 Å². The van der Waals surface area contributed by atoms with Gasteiger partial charge in [0.15, 0.2) is 6.79 Å². The van der Waals surface area contributed by atoms with Gasteiger partial charge in [0.25, 0.3) is 0 Å². The van der Waals surface area contributed by atoms with Crippen LogP contribution in [0.3, 0.4) is 0 Å². The van der Waals surface area contributed by atoms with Gasteiger partial charge in [-0.1, -0.05) is 68.2 Å². The van der Waals surface area contributed by atoms with E-state index in [-0.39, 0.29) is 30.5 Å². The van der Waals surface area contributed by atoms with Crippen LogP contribution in [0.2, 0.25) is 25.7 Å². The van der Waals surface area contributed by atoms with Crippen molar-refractivity contribution in [2.24, 2.45) is 7.05 Å². The van der Waals surface area contributed by atoms with Gasteiger partial charge in [-0.3, -0.25) is 4.79 Å². The van der Waals surface area contributed by atoms with Crippen molar-refractivity contribution in [3.63, 3.8) is 0 Å². The van der Waals surface area contributed by atoms with Gasteiger partial charge in [0.2, 0.25) is 0 Å². The van der Waals surface area contributed by atoms with Crippen LogP contribution in [-0.4, -0.2) is 48.5 Å². The lowest BCUT2D eigenvalue weighted by molar-refractivity contribution is -0.149. The number of nitrogens with zero attached hydrogens (tertiary/aromatic N) is 2. The van der Waals surface area contributed by atoms with E-state index in [9.17, 15) is 14.4 Å². The monoisotopic (exact) mass is 650 g/mol. The van der Waals surface area contributed by atoms with Gasteiger partial charge in [0, 0.05) is 86.1 Å². The normalized spacial score (nSPS) is 13.6. The lowest BCUT2D eigenvalue weighted by atomic mass is 9.95. The fraction of sp³-hybridized carbons (Fsp3) is 0.270. The molecule has 10 heteroatoms. The number of rotatable bonds is 12. The average molecular weight is 651 g/mol. The van der Waals surface area contributed by atoms with Gasteiger partial charge in [0.1, 0.15) is 12.4 Å². The number of esters is 3. The Bertz CT molecular complexity index is 2050. The molecule has 0 saturated heterocycles. The van der Waals surface area contributed by atoms with Gasteiger partial charge in [-0.15, -0.1) is 0 Å². The van der Waals surface area contributed by atoms with E-state index in [0.29, 0.717) is 30.0 Å². The van der Waals surface area contributed by atoms with Crippen molar-refractivity contribution in [1.29, 1.82) is 0 Å². The molecule has 1 aliphatic rings. The molecule has 0 radical (unpaired) electrons. The Morgan fingerprint density at radius 2 is 1.49 bits per heavy atom. The van der Waals surface area contributed by atoms with Crippen LogP contribution >= 0.6 is 0 Å². The number of hydrogen-bond donors (Lipinski definition) is 0. The van der Waals surface area contributed by atoms with Crippen LogP contribution in [0.4, 0.5) is 0 Å². The molecule has 0 N–H and O–H groups in total. The molecule has 0 saturated carbocycles. The van der Waals surface area contributed by atoms with Crippen LogP contribution in [-0.2, 0) is 48.8 Å². The third kappa shape index (κ3) is 6.79. The van der Waals surface area contributed by atoms with Gasteiger partial charge < -0.3 is 28.1 Å². The maximum Gasteiger partial charge on any atom is 0.347 e. The average Bonchev–Trinajstić information content (AvgIpc) is 3.65. The minimum Gasteiger partial charge on any atom is -0.467 e. The van der Waals surface area contributed by atoms with Gasteiger partial charge in [-0.2, -0.15) is 0 Å². The van der Waals surface area contributed by atoms with E-state index in [0.717, 1.165) is 39.0 Å². The number of cyclic esters (lactones) is 2. The summed E-state index contributed by atoms with van der Waals surface area (Å²) in [7, 11) is 0.671. The largest absolute Gasteiger partial charge is 0.467 e. The molecule has 3 heterocycles. The van der Waals surface area contributed by atoms with Crippen LogP contribution in [0.5, 0.6) is 5.75 Å². The Balaban J connectivity index is 1.36. The quantitative estimate of drug-likeness (QED) is 0.0475. The topological polar surface area (TPSA) is 98.0 Å². The SMILES string of the molecule is CC(=O)OCc1ccc(Cn2cc(C3=C(c4cn(C)c5ccccc45)C(=O)OC3=O)c3ccccc32)cc1OCOCC[Si](C)(C)C. The second kappa shape index (κ2) is 13.1. The molecule has 1 aliphatic heterocycles. The second-order valence-corrected chi connectivity index (χ2v) is 18.6. The second-order valence-electron chi connectivity index (χ2n) is 13.0. The number of aromatic nitrogens is 2. The van der Waals surface area contributed by atoms with Crippen molar-refractivity contribution in [1.82, 2.24) is 9.13 Å². The van der Waals surface area contributed by atoms with Crippen LogP contribution in [0.25, 0.3) is 33.0 Å². The lowest BCUT2D eigenvalue weighted by Gasteiger charge is -2.17. The Hall–Kier alpha value is -4.93. The molecule has 0 amide bonds. The Labute approximate surface area is 274 Å². The first-order valence-electron chi connectivity index (χ1n) is 15.6. The highest BCUT2D eigenvalue weighted by atomic mass is 28.3. The Morgan fingerprint density at radius 3 is 2.17 bits per heavy atom. The molecular weight excluding hydrogens is 613 g/mol. The van der Waals surface area contributed by atoms with E-state index < -0.39 is 20.0 Å². The van der Waals surface area contributed by atoms with Gasteiger partial charge >= 0.3 is 17.9 Å². The summed E-state index contributed by atoms with van der Waals surface area (Å²) in [5.74, 6) is -1.13. The van der Waals surface area contributed by atoms with E-state index >= 15 is 0 Å². The molecule has 242 valence electrons. The third-order valence-corrected chi connectivity index (χ3v) is 9.98. The van der Waals surface area contributed by atoms with Crippen molar-refractivity contribution < 1.29 is 33.3 Å². The summed E-state index contributed by atoms with van der Waals surface area (Å²) in [6.45, 7) is 9.48. The highest BCUT2D eigenvalue weighted by Crippen LogP contribution is 2.40. The minimum atomic E-state index is -1.24. The van der Waals surface area contributed by atoms with Crippen LogP contribution in [0.1, 0.15) is 29.2 Å². The number of benzene rings is 3. The molecule has 0 aliphatic carbocycles. The van der Waals surface area contributed by atoms with Gasteiger partial charge in [0.05, 0.1) is 11.1 Å². The van der Waals surface area contributed by atoms with Crippen molar-refractivity contribution in [3.8, 4) is 5.75 Å². The molecule has 3 aromatic carbocycles. The molecule has 0 fully saturated rings.